The first-order valence-corrected chi connectivity index (χ1v) is 5.77. The fourth-order valence-electron chi connectivity index (χ4n) is 1.52. The van der Waals surface area contributed by atoms with Crippen LogP contribution in [0.2, 0.25) is 0 Å². The van der Waals surface area contributed by atoms with Crippen LogP contribution in [0.5, 0.6) is 0 Å². The highest BCUT2D eigenvalue weighted by Gasteiger charge is 2.36. The third kappa shape index (κ3) is 7.24. The molecular weight excluding hydrogens is 238 g/mol. The second-order valence-electron chi connectivity index (χ2n) is 5.37. The second kappa shape index (κ2) is 6.70. The molecule has 0 atom stereocenters. The van der Waals surface area contributed by atoms with Gasteiger partial charge >= 0.3 is 11.9 Å². The van der Waals surface area contributed by atoms with Gasteiger partial charge in [0.05, 0.1) is 6.61 Å². The van der Waals surface area contributed by atoms with Crippen molar-refractivity contribution in [3.05, 3.63) is 0 Å². The highest BCUT2D eigenvalue weighted by Crippen LogP contribution is 2.13. The van der Waals surface area contributed by atoms with E-state index in [1.807, 2.05) is 20.8 Å². The van der Waals surface area contributed by atoms with Gasteiger partial charge in [-0.2, -0.15) is 0 Å². The first kappa shape index (κ1) is 16.9. The zero-order chi connectivity index (χ0) is 14.4. The Hall–Kier alpha value is -1.14. The van der Waals surface area contributed by atoms with E-state index in [1.54, 1.807) is 0 Å². The normalized spacial score (nSPS) is 12.1. The van der Waals surface area contributed by atoms with Gasteiger partial charge in [0.25, 0.3) is 0 Å². The number of nitrogens with one attached hydrogen (secondary N) is 1. The number of carbonyl (C=O) groups excluding carboxylic acids is 2. The number of aliphatic hydroxyl groups is 1. The minimum atomic E-state index is -0.990. The molecule has 0 fully saturated rings. The van der Waals surface area contributed by atoms with Gasteiger partial charge in [0.1, 0.15) is 18.8 Å². The number of carbonyl (C=O) groups is 2. The fraction of sp³-hybridized carbons (Fsp3) is 0.833. The lowest BCUT2D eigenvalue weighted by Gasteiger charge is -2.38. The maximum Gasteiger partial charge on any atom is 0.302 e. The van der Waals surface area contributed by atoms with E-state index in [1.165, 1.54) is 13.8 Å². The van der Waals surface area contributed by atoms with E-state index < -0.39 is 17.5 Å². The van der Waals surface area contributed by atoms with Crippen LogP contribution in [0.25, 0.3) is 0 Å². The molecule has 0 unspecified atom stereocenters. The number of aliphatic hydroxyl groups excluding tert-OH is 1. The fourth-order valence-corrected chi connectivity index (χ4v) is 1.52. The van der Waals surface area contributed by atoms with Crippen LogP contribution in [0.3, 0.4) is 0 Å². The van der Waals surface area contributed by atoms with E-state index in [-0.39, 0.29) is 25.4 Å². The van der Waals surface area contributed by atoms with Crippen molar-refractivity contribution in [1.29, 1.82) is 0 Å². The number of rotatable bonds is 6. The van der Waals surface area contributed by atoms with Crippen LogP contribution in [0.1, 0.15) is 34.6 Å². The maximum absolute atomic E-state index is 10.9. The van der Waals surface area contributed by atoms with Crippen molar-refractivity contribution < 1.29 is 24.2 Å². The van der Waals surface area contributed by atoms with Gasteiger partial charge in [-0.3, -0.25) is 14.9 Å². The SMILES string of the molecule is CC(=O)OCC(CO)(COC(C)=O)NC(C)(C)C. The van der Waals surface area contributed by atoms with Crippen LogP contribution in [0.15, 0.2) is 0 Å². The molecule has 0 amide bonds. The van der Waals surface area contributed by atoms with E-state index in [0.29, 0.717) is 0 Å². The molecule has 0 saturated carbocycles. The summed E-state index contributed by atoms with van der Waals surface area (Å²) in [6, 6.07) is 0. The van der Waals surface area contributed by atoms with E-state index in [0.717, 1.165) is 0 Å². The standard InChI is InChI=1S/C12H23NO5/c1-9(15)17-7-12(6-14,8-18-10(2)16)13-11(3,4)5/h13-14H,6-8H2,1-5H3. The lowest BCUT2D eigenvalue weighted by molar-refractivity contribution is -0.150. The van der Waals surface area contributed by atoms with Gasteiger partial charge in [0.2, 0.25) is 0 Å². The first-order chi connectivity index (χ1) is 8.10. The molecule has 106 valence electrons. The summed E-state index contributed by atoms with van der Waals surface area (Å²) in [6.45, 7) is 7.82. The van der Waals surface area contributed by atoms with Crippen molar-refractivity contribution in [2.24, 2.45) is 0 Å². The van der Waals surface area contributed by atoms with Crippen LogP contribution < -0.4 is 5.32 Å². The van der Waals surface area contributed by atoms with Crippen molar-refractivity contribution in [2.75, 3.05) is 19.8 Å². The van der Waals surface area contributed by atoms with E-state index in [4.69, 9.17) is 9.47 Å². The van der Waals surface area contributed by atoms with Gasteiger partial charge in [-0.25, -0.2) is 0 Å². The highest BCUT2D eigenvalue weighted by molar-refractivity contribution is 5.66. The molecule has 0 spiro atoms. The minimum Gasteiger partial charge on any atom is -0.464 e. The summed E-state index contributed by atoms with van der Waals surface area (Å²) in [4.78, 5) is 21.7. The van der Waals surface area contributed by atoms with Crippen LogP contribution in [-0.4, -0.2) is 47.9 Å². The van der Waals surface area contributed by atoms with E-state index in [9.17, 15) is 14.7 Å². The quantitative estimate of drug-likeness (QED) is 0.666. The number of ether oxygens (including phenoxy) is 2. The number of hydrogen-bond donors (Lipinski definition) is 2. The van der Waals surface area contributed by atoms with E-state index >= 15 is 0 Å². The third-order valence-electron chi connectivity index (χ3n) is 2.05. The topological polar surface area (TPSA) is 84.9 Å². The highest BCUT2D eigenvalue weighted by atomic mass is 16.5. The zero-order valence-electron chi connectivity index (χ0n) is 11.7. The smallest absolute Gasteiger partial charge is 0.302 e. The van der Waals surface area contributed by atoms with Crippen LogP contribution in [0, 0.1) is 0 Å². The molecular formula is C12H23NO5. The van der Waals surface area contributed by atoms with Crippen LogP contribution in [0.4, 0.5) is 0 Å². The minimum absolute atomic E-state index is 0.0661. The van der Waals surface area contributed by atoms with Crippen LogP contribution >= 0.6 is 0 Å². The van der Waals surface area contributed by atoms with Gasteiger partial charge < -0.3 is 14.6 Å². The molecule has 0 rings (SSSR count). The Morgan fingerprint density at radius 2 is 1.44 bits per heavy atom. The molecule has 0 bridgehead atoms. The predicted molar refractivity (Wildman–Crippen MR) is 66.0 cm³/mol. The molecule has 18 heavy (non-hydrogen) atoms. The van der Waals surface area contributed by atoms with Gasteiger partial charge in [-0.05, 0) is 20.8 Å². The Balaban J connectivity index is 4.81. The number of hydrogen-bond acceptors (Lipinski definition) is 6. The van der Waals surface area contributed by atoms with Gasteiger partial charge in [0, 0.05) is 19.4 Å². The summed E-state index contributed by atoms with van der Waals surface area (Å²) in [5.74, 6) is -0.905. The molecule has 0 radical (unpaired) electrons. The molecule has 0 saturated heterocycles. The molecule has 0 aromatic heterocycles. The van der Waals surface area contributed by atoms with Gasteiger partial charge in [0.15, 0.2) is 0 Å². The Bertz CT molecular complexity index is 277. The van der Waals surface area contributed by atoms with E-state index in [2.05, 4.69) is 5.32 Å². The summed E-state index contributed by atoms with van der Waals surface area (Å²) in [7, 11) is 0. The molecule has 0 aliphatic rings. The molecule has 6 heteroatoms. The molecule has 6 nitrogen and oxygen atoms in total. The first-order valence-electron chi connectivity index (χ1n) is 5.77. The average molecular weight is 261 g/mol. The maximum atomic E-state index is 10.9. The van der Waals surface area contributed by atoms with Crippen LogP contribution in [-0.2, 0) is 19.1 Å². The monoisotopic (exact) mass is 261 g/mol. The zero-order valence-corrected chi connectivity index (χ0v) is 11.7. The Kier molecular flexibility index (Phi) is 6.28. The summed E-state index contributed by atoms with van der Waals surface area (Å²) in [5, 5.41) is 12.6. The molecule has 0 aliphatic carbocycles. The Labute approximate surface area is 108 Å². The summed E-state index contributed by atoms with van der Waals surface area (Å²) in [6.07, 6.45) is 0. The van der Waals surface area contributed by atoms with Crippen molar-refractivity contribution in [3.63, 3.8) is 0 Å². The van der Waals surface area contributed by atoms with Crippen molar-refractivity contribution >= 4 is 11.9 Å². The predicted octanol–water partition coefficient (Wildman–Crippen LogP) is 0.232. The van der Waals surface area contributed by atoms with Gasteiger partial charge in [-0.15, -0.1) is 0 Å². The summed E-state index contributed by atoms with van der Waals surface area (Å²) in [5.41, 5.74) is -1.32. The largest absolute Gasteiger partial charge is 0.464 e. The Morgan fingerprint density at radius 1 is 1.06 bits per heavy atom. The third-order valence-corrected chi connectivity index (χ3v) is 2.05. The summed E-state index contributed by atoms with van der Waals surface area (Å²) < 4.78 is 9.85. The van der Waals surface area contributed by atoms with Crippen molar-refractivity contribution in [1.82, 2.24) is 5.32 Å². The summed E-state index contributed by atoms with van der Waals surface area (Å²) >= 11 is 0. The molecule has 0 heterocycles. The Morgan fingerprint density at radius 3 is 1.67 bits per heavy atom. The second-order valence-corrected chi connectivity index (χ2v) is 5.37. The molecule has 0 aliphatic heterocycles. The lowest BCUT2D eigenvalue weighted by atomic mass is 9.97. The van der Waals surface area contributed by atoms with Crippen molar-refractivity contribution in [3.8, 4) is 0 Å². The van der Waals surface area contributed by atoms with Crippen molar-refractivity contribution in [2.45, 2.75) is 45.7 Å². The average Bonchev–Trinajstić information content (AvgIpc) is 2.20. The molecule has 2 N–H and O–H groups in total. The molecule has 0 aromatic carbocycles. The lowest BCUT2D eigenvalue weighted by Crippen LogP contribution is -2.62. The van der Waals surface area contributed by atoms with Gasteiger partial charge in [-0.1, -0.05) is 0 Å². The number of esters is 2. The molecule has 0 aromatic rings.